The van der Waals surface area contributed by atoms with E-state index in [1.165, 1.54) is 6.07 Å². The summed E-state index contributed by atoms with van der Waals surface area (Å²) in [5.41, 5.74) is 0.594. The molecule has 0 bridgehead atoms. The maximum absolute atomic E-state index is 11.1. The van der Waals surface area contributed by atoms with E-state index in [-0.39, 0.29) is 12.5 Å². The van der Waals surface area contributed by atoms with Crippen LogP contribution in [0.5, 0.6) is 11.5 Å². The fourth-order valence-corrected chi connectivity index (χ4v) is 1.67. The molecule has 0 spiro atoms. The van der Waals surface area contributed by atoms with Crippen LogP contribution in [0.15, 0.2) is 24.3 Å². The van der Waals surface area contributed by atoms with Crippen molar-refractivity contribution in [1.29, 1.82) is 0 Å². The van der Waals surface area contributed by atoms with Gasteiger partial charge in [-0.15, -0.1) is 0 Å². The number of carbonyl (C=O) groups excluding carboxylic acids is 1. The van der Waals surface area contributed by atoms with Crippen molar-refractivity contribution in [3.05, 3.63) is 30.0 Å². The lowest BCUT2D eigenvalue weighted by atomic mass is 10.2. The highest BCUT2D eigenvalue weighted by Gasteiger charge is 2.16. The standard InChI is InChI=1S/C11H7NO5/c13-11(17-14)7-2-1-6-3-9-10(16-5-15-9)4-8(6)12-7/h1-4,14H,5H2. The van der Waals surface area contributed by atoms with E-state index in [0.717, 1.165) is 5.39 Å². The van der Waals surface area contributed by atoms with Crippen molar-refractivity contribution in [2.24, 2.45) is 0 Å². The molecule has 0 amide bonds. The Morgan fingerprint density at radius 3 is 2.82 bits per heavy atom. The monoisotopic (exact) mass is 233 g/mol. The molecule has 6 heteroatoms. The molecule has 0 unspecified atom stereocenters. The van der Waals surface area contributed by atoms with Crippen molar-refractivity contribution in [3.63, 3.8) is 0 Å². The second-order valence-corrected chi connectivity index (χ2v) is 3.47. The molecule has 0 aliphatic carbocycles. The van der Waals surface area contributed by atoms with Crippen molar-refractivity contribution >= 4 is 16.9 Å². The van der Waals surface area contributed by atoms with Crippen molar-refractivity contribution in [1.82, 2.24) is 4.98 Å². The zero-order chi connectivity index (χ0) is 11.8. The van der Waals surface area contributed by atoms with Crippen molar-refractivity contribution < 1.29 is 24.4 Å². The quantitative estimate of drug-likeness (QED) is 0.595. The number of aromatic nitrogens is 1. The fourth-order valence-electron chi connectivity index (χ4n) is 1.67. The molecule has 1 N–H and O–H groups in total. The summed E-state index contributed by atoms with van der Waals surface area (Å²) in [5.74, 6) is 0.334. The Morgan fingerprint density at radius 1 is 1.29 bits per heavy atom. The molecule has 1 aliphatic rings. The van der Waals surface area contributed by atoms with Crippen LogP contribution < -0.4 is 9.47 Å². The molecule has 1 aromatic heterocycles. The first kappa shape index (κ1) is 9.86. The molecule has 2 aromatic rings. The molecule has 1 aliphatic heterocycles. The first-order valence-corrected chi connectivity index (χ1v) is 4.84. The Hall–Kier alpha value is -2.34. The third kappa shape index (κ3) is 1.55. The lowest BCUT2D eigenvalue weighted by Crippen LogP contribution is -2.04. The molecule has 0 atom stereocenters. The topological polar surface area (TPSA) is 77.9 Å². The van der Waals surface area contributed by atoms with E-state index in [2.05, 4.69) is 9.87 Å². The summed E-state index contributed by atoms with van der Waals surface area (Å²) < 4.78 is 10.4. The second kappa shape index (κ2) is 3.60. The maximum Gasteiger partial charge on any atom is 0.390 e. The smallest absolute Gasteiger partial charge is 0.390 e. The normalized spacial score (nSPS) is 12.8. The SMILES string of the molecule is O=C(OO)c1ccc2cc3c(cc2n1)OCO3. The Morgan fingerprint density at radius 2 is 2.06 bits per heavy atom. The van der Waals surface area contributed by atoms with Crippen LogP contribution in [-0.2, 0) is 4.89 Å². The van der Waals surface area contributed by atoms with Crippen LogP contribution >= 0.6 is 0 Å². The van der Waals surface area contributed by atoms with Crippen LogP contribution in [-0.4, -0.2) is 23.0 Å². The maximum atomic E-state index is 11.1. The van der Waals surface area contributed by atoms with Gasteiger partial charge in [0.2, 0.25) is 6.79 Å². The van der Waals surface area contributed by atoms with Crippen molar-refractivity contribution in [2.45, 2.75) is 0 Å². The molecule has 17 heavy (non-hydrogen) atoms. The number of hydrogen-bond acceptors (Lipinski definition) is 6. The van der Waals surface area contributed by atoms with Gasteiger partial charge < -0.3 is 9.47 Å². The largest absolute Gasteiger partial charge is 0.454 e. The lowest BCUT2D eigenvalue weighted by Gasteiger charge is -2.02. The summed E-state index contributed by atoms with van der Waals surface area (Å²) >= 11 is 0. The minimum atomic E-state index is -0.899. The van der Waals surface area contributed by atoms with E-state index in [4.69, 9.17) is 14.7 Å². The Kier molecular flexibility index (Phi) is 2.09. The molecule has 86 valence electrons. The van der Waals surface area contributed by atoms with Crippen molar-refractivity contribution in [3.8, 4) is 11.5 Å². The Balaban J connectivity index is 2.16. The fraction of sp³-hybridized carbons (Fsp3) is 0.0909. The van der Waals surface area contributed by atoms with Gasteiger partial charge in [-0.3, -0.25) is 4.89 Å². The van der Waals surface area contributed by atoms with Crippen LogP contribution in [0, 0.1) is 0 Å². The van der Waals surface area contributed by atoms with Gasteiger partial charge in [0.25, 0.3) is 0 Å². The number of ether oxygens (including phenoxy) is 2. The van der Waals surface area contributed by atoms with E-state index in [9.17, 15) is 4.79 Å². The molecule has 0 saturated heterocycles. The molecule has 0 radical (unpaired) electrons. The zero-order valence-electron chi connectivity index (χ0n) is 8.54. The van der Waals surface area contributed by atoms with E-state index < -0.39 is 5.97 Å². The van der Waals surface area contributed by atoms with Crippen molar-refractivity contribution in [2.75, 3.05) is 6.79 Å². The highest BCUT2D eigenvalue weighted by Crippen LogP contribution is 2.35. The number of benzene rings is 1. The molecule has 6 nitrogen and oxygen atoms in total. The molecule has 0 fully saturated rings. The highest BCUT2D eigenvalue weighted by molar-refractivity contribution is 5.91. The number of rotatable bonds is 1. The average Bonchev–Trinajstić information content (AvgIpc) is 2.81. The second-order valence-electron chi connectivity index (χ2n) is 3.47. The van der Waals surface area contributed by atoms with Crippen LogP contribution in [0.3, 0.4) is 0 Å². The van der Waals surface area contributed by atoms with E-state index in [1.807, 2.05) is 0 Å². The third-order valence-corrected chi connectivity index (χ3v) is 2.48. The summed E-state index contributed by atoms with van der Waals surface area (Å²) in [7, 11) is 0. The predicted molar refractivity (Wildman–Crippen MR) is 55.9 cm³/mol. The van der Waals surface area contributed by atoms with Gasteiger partial charge in [0.15, 0.2) is 17.2 Å². The van der Waals surface area contributed by atoms with Gasteiger partial charge in [0, 0.05) is 11.5 Å². The van der Waals surface area contributed by atoms with Gasteiger partial charge >= 0.3 is 5.97 Å². The lowest BCUT2D eigenvalue weighted by molar-refractivity contribution is -0.183. The molecule has 3 rings (SSSR count). The summed E-state index contributed by atoms with van der Waals surface area (Å²) in [4.78, 5) is 18.8. The van der Waals surface area contributed by atoms with E-state index in [1.54, 1.807) is 18.2 Å². The highest BCUT2D eigenvalue weighted by atomic mass is 17.1. The van der Waals surface area contributed by atoms with Crippen LogP contribution in [0.1, 0.15) is 10.5 Å². The van der Waals surface area contributed by atoms with Crippen LogP contribution in [0.2, 0.25) is 0 Å². The van der Waals surface area contributed by atoms with Crippen LogP contribution in [0.4, 0.5) is 0 Å². The number of carbonyl (C=O) groups is 1. The third-order valence-electron chi connectivity index (χ3n) is 2.48. The van der Waals surface area contributed by atoms with Crippen LogP contribution in [0.25, 0.3) is 10.9 Å². The number of pyridine rings is 1. The molecular formula is C11H7NO5. The summed E-state index contributed by atoms with van der Waals surface area (Å²) in [6.45, 7) is 0.178. The van der Waals surface area contributed by atoms with E-state index in [0.29, 0.717) is 17.0 Å². The molecule has 2 heterocycles. The van der Waals surface area contributed by atoms with Gasteiger partial charge in [-0.1, -0.05) is 6.07 Å². The van der Waals surface area contributed by atoms with Gasteiger partial charge in [0.05, 0.1) is 5.52 Å². The molecular weight excluding hydrogens is 226 g/mol. The van der Waals surface area contributed by atoms with Gasteiger partial charge in [0.1, 0.15) is 0 Å². The first-order chi connectivity index (χ1) is 8.28. The predicted octanol–water partition coefficient (Wildman–Crippen LogP) is 1.59. The zero-order valence-corrected chi connectivity index (χ0v) is 8.54. The average molecular weight is 233 g/mol. The minimum absolute atomic E-state index is 0.0267. The number of nitrogens with zero attached hydrogens (tertiary/aromatic N) is 1. The van der Waals surface area contributed by atoms with Gasteiger partial charge in [-0.05, 0) is 12.1 Å². The summed E-state index contributed by atoms with van der Waals surface area (Å²) in [6, 6.07) is 6.60. The molecule has 1 aromatic carbocycles. The van der Waals surface area contributed by atoms with E-state index >= 15 is 0 Å². The number of hydrogen-bond donors (Lipinski definition) is 1. The van der Waals surface area contributed by atoms with Gasteiger partial charge in [-0.2, -0.15) is 5.26 Å². The Bertz CT molecular complexity index is 610. The number of fused-ring (bicyclic) bond motifs is 2. The first-order valence-electron chi connectivity index (χ1n) is 4.84. The van der Waals surface area contributed by atoms with Gasteiger partial charge in [-0.25, -0.2) is 9.78 Å². The molecule has 0 saturated carbocycles. The Labute approximate surface area is 95.3 Å². The minimum Gasteiger partial charge on any atom is -0.454 e. The summed E-state index contributed by atoms with van der Waals surface area (Å²) in [6.07, 6.45) is 0. The summed E-state index contributed by atoms with van der Waals surface area (Å²) in [5, 5.41) is 9.09.